The van der Waals surface area contributed by atoms with Gasteiger partial charge >= 0.3 is 18.2 Å². The van der Waals surface area contributed by atoms with Gasteiger partial charge in [-0.3, -0.25) is 19.3 Å². The Bertz CT molecular complexity index is 1540. The standard InChI is InChI=1S/C18H23NO5.C16H18N2O4/c1-3-24-16(21)11-15(20)13-9-10-19(17(22)23)18(2,12-13)14-7-5-4-6-8-14;1-21-16(20)18-8-7-12(14-10-15(19)17-22-14)9-13(18)11-5-3-2-4-6-11/h4-8,13H,3,9-12H2,1-2H3,(H,22,23);2-6,10,12-13H,7-9H2,1H3,(H,17,19)/t13-,18-;12-,13-/m00/s1. The third kappa shape index (κ3) is 8.04. The van der Waals surface area contributed by atoms with Gasteiger partial charge in [-0.1, -0.05) is 60.7 Å². The first-order valence-corrected chi connectivity index (χ1v) is 15.4. The van der Waals surface area contributed by atoms with Crippen molar-refractivity contribution in [3.8, 4) is 0 Å². The topological polar surface area (TPSA) is 159 Å². The van der Waals surface area contributed by atoms with Gasteiger partial charge in [-0.15, -0.1) is 0 Å². The number of amides is 2. The fourth-order valence-corrected chi connectivity index (χ4v) is 6.42. The lowest BCUT2D eigenvalue weighted by molar-refractivity contribution is -0.147. The number of nitrogens with zero attached hydrogens (tertiary/aromatic N) is 2. The number of ether oxygens (including phenoxy) is 2. The Morgan fingerprint density at radius 1 is 1.02 bits per heavy atom. The maximum absolute atomic E-state index is 12.4. The van der Waals surface area contributed by atoms with Crippen molar-refractivity contribution in [2.45, 2.75) is 63.5 Å². The molecule has 0 saturated carbocycles. The number of Topliss-reactive ketones (excluding diaryl/α,β-unsaturated/α-hetero) is 1. The van der Waals surface area contributed by atoms with Crippen LogP contribution in [0.3, 0.4) is 0 Å². The summed E-state index contributed by atoms with van der Waals surface area (Å²) in [6, 6.07) is 20.5. The van der Waals surface area contributed by atoms with Crippen LogP contribution in [0.2, 0.25) is 0 Å². The van der Waals surface area contributed by atoms with E-state index in [1.165, 1.54) is 18.1 Å². The number of hydrogen-bond donors (Lipinski definition) is 2. The van der Waals surface area contributed by atoms with E-state index in [-0.39, 0.29) is 54.9 Å². The molecule has 3 heterocycles. The van der Waals surface area contributed by atoms with Crippen molar-refractivity contribution < 1.29 is 38.3 Å². The van der Waals surface area contributed by atoms with E-state index in [4.69, 9.17) is 14.0 Å². The quantitative estimate of drug-likeness (QED) is 0.254. The lowest BCUT2D eigenvalue weighted by Crippen LogP contribution is -2.53. The minimum atomic E-state index is -1.00. The molecule has 2 aliphatic heterocycles. The Morgan fingerprint density at radius 2 is 1.70 bits per heavy atom. The largest absolute Gasteiger partial charge is 0.466 e. The number of likely N-dealkylation sites (tertiary alicyclic amines) is 2. The van der Waals surface area contributed by atoms with Gasteiger partial charge in [0.2, 0.25) is 0 Å². The third-order valence-electron chi connectivity index (χ3n) is 8.79. The molecule has 0 unspecified atom stereocenters. The SMILES string of the molecule is CCOC(=O)CC(=O)[C@H]1CCN(C(=O)O)[C@](C)(c2ccccc2)C1.COC(=O)N1CC[C@H](c2cc(=O)[nH]o2)C[C@H]1c1ccccc1. The van der Waals surface area contributed by atoms with Crippen molar-refractivity contribution in [1.82, 2.24) is 15.0 Å². The predicted octanol–water partition coefficient (Wildman–Crippen LogP) is 5.47. The minimum Gasteiger partial charge on any atom is -0.466 e. The normalized spacial score (nSPS) is 22.6. The Labute approximate surface area is 267 Å². The van der Waals surface area contributed by atoms with Gasteiger partial charge in [0.05, 0.1) is 25.3 Å². The van der Waals surface area contributed by atoms with Gasteiger partial charge in [0.1, 0.15) is 18.0 Å². The van der Waals surface area contributed by atoms with E-state index in [0.29, 0.717) is 31.6 Å². The van der Waals surface area contributed by atoms with E-state index in [9.17, 15) is 29.1 Å². The van der Waals surface area contributed by atoms with Gasteiger partial charge in [-0.05, 0) is 50.7 Å². The van der Waals surface area contributed by atoms with Crippen molar-refractivity contribution in [3.63, 3.8) is 0 Å². The number of esters is 1. The fourth-order valence-electron chi connectivity index (χ4n) is 6.42. The Kier molecular flexibility index (Phi) is 11.4. The van der Waals surface area contributed by atoms with E-state index >= 15 is 0 Å². The van der Waals surface area contributed by atoms with E-state index in [2.05, 4.69) is 5.16 Å². The maximum Gasteiger partial charge on any atom is 0.409 e. The number of benzene rings is 2. The Hall–Kier alpha value is -4.87. The van der Waals surface area contributed by atoms with Gasteiger partial charge in [-0.25, -0.2) is 9.59 Å². The van der Waals surface area contributed by atoms with Crippen LogP contribution in [0.15, 0.2) is 76.0 Å². The van der Waals surface area contributed by atoms with Crippen LogP contribution >= 0.6 is 0 Å². The highest BCUT2D eigenvalue weighted by atomic mass is 16.5. The van der Waals surface area contributed by atoms with Gasteiger partial charge in [0, 0.05) is 31.0 Å². The molecule has 0 spiro atoms. The highest BCUT2D eigenvalue weighted by Gasteiger charge is 2.44. The zero-order chi connectivity index (χ0) is 33.3. The molecule has 2 N–H and O–H groups in total. The number of methoxy groups -OCH3 is 1. The summed E-state index contributed by atoms with van der Waals surface area (Å²) >= 11 is 0. The van der Waals surface area contributed by atoms with Crippen molar-refractivity contribution in [1.29, 1.82) is 0 Å². The monoisotopic (exact) mass is 635 g/mol. The zero-order valence-corrected chi connectivity index (χ0v) is 26.3. The minimum absolute atomic E-state index is 0.0902. The number of carbonyl (C=O) groups excluding carboxylic acids is 3. The van der Waals surface area contributed by atoms with E-state index in [1.807, 2.05) is 67.6 Å². The number of ketones is 1. The van der Waals surface area contributed by atoms with Gasteiger partial charge < -0.3 is 24.0 Å². The molecule has 4 atom stereocenters. The summed E-state index contributed by atoms with van der Waals surface area (Å²) in [5.74, 6) is -0.305. The first-order chi connectivity index (χ1) is 22.1. The lowest BCUT2D eigenvalue weighted by Gasteiger charge is -2.46. The van der Waals surface area contributed by atoms with Crippen LogP contribution in [0, 0.1) is 5.92 Å². The maximum atomic E-state index is 12.4. The number of carboxylic acid groups (broad SMARTS) is 1. The highest BCUT2D eigenvalue weighted by Crippen LogP contribution is 2.41. The van der Waals surface area contributed by atoms with Gasteiger partial charge in [0.15, 0.2) is 0 Å². The molecule has 0 aliphatic carbocycles. The summed E-state index contributed by atoms with van der Waals surface area (Å²) in [6.07, 6.45) is 0.629. The molecule has 2 aliphatic rings. The first kappa shape index (κ1) is 34.0. The molecule has 2 aromatic carbocycles. The number of nitrogens with one attached hydrogen (secondary N) is 1. The summed E-state index contributed by atoms with van der Waals surface area (Å²) in [5, 5.41) is 11.9. The van der Waals surface area contributed by atoms with Crippen molar-refractivity contribution in [3.05, 3.63) is 94.0 Å². The van der Waals surface area contributed by atoms with E-state index in [0.717, 1.165) is 17.5 Å². The summed E-state index contributed by atoms with van der Waals surface area (Å²) in [4.78, 5) is 62.0. The molecule has 5 rings (SSSR count). The molecular weight excluding hydrogens is 594 g/mol. The average Bonchev–Trinajstić information content (AvgIpc) is 3.51. The second-order valence-corrected chi connectivity index (χ2v) is 11.6. The fraction of sp³-hybridized carbons (Fsp3) is 0.441. The lowest BCUT2D eigenvalue weighted by atomic mass is 9.75. The Morgan fingerprint density at radius 3 is 2.28 bits per heavy atom. The molecule has 2 saturated heterocycles. The average molecular weight is 636 g/mol. The van der Waals surface area contributed by atoms with Gasteiger partial charge in [-0.2, -0.15) is 5.16 Å². The number of H-pyrrole nitrogens is 1. The van der Waals surface area contributed by atoms with Crippen LogP contribution < -0.4 is 5.56 Å². The molecule has 0 radical (unpaired) electrons. The van der Waals surface area contributed by atoms with Crippen LogP contribution in [-0.2, 0) is 24.6 Å². The molecule has 12 heteroatoms. The van der Waals surface area contributed by atoms with Crippen LogP contribution in [-0.4, -0.2) is 70.8 Å². The van der Waals surface area contributed by atoms with Crippen molar-refractivity contribution in [2.75, 3.05) is 26.8 Å². The number of rotatable bonds is 7. The van der Waals surface area contributed by atoms with Crippen LogP contribution in [0.5, 0.6) is 0 Å². The smallest absolute Gasteiger partial charge is 0.409 e. The molecule has 12 nitrogen and oxygen atoms in total. The molecule has 0 bridgehead atoms. The summed E-state index contributed by atoms with van der Waals surface area (Å²) in [6.45, 7) is 4.59. The van der Waals surface area contributed by atoms with Crippen LogP contribution in [0.4, 0.5) is 9.59 Å². The van der Waals surface area contributed by atoms with E-state index < -0.39 is 17.6 Å². The summed E-state index contributed by atoms with van der Waals surface area (Å²) in [7, 11) is 1.39. The number of aromatic amines is 1. The zero-order valence-electron chi connectivity index (χ0n) is 26.3. The number of hydrogen-bond acceptors (Lipinski definition) is 8. The predicted molar refractivity (Wildman–Crippen MR) is 167 cm³/mol. The highest BCUT2D eigenvalue weighted by molar-refractivity contribution is 5.97. The number of aromatic nitrogens is 1. The molecule has 2 fully saturated rings. The van der Waals surface area contributed by atoms with Crippen LogP contribution in [0.25, 0.3) is 0 Å². The second kappa shape index (κ2) is 15.4. The second-order valence-electron chi connectivity index (χ2n) is 11.6. The molecule has 3 aromatic rings. The van der Waals surface area contributed by atoms with E-state index in [1.54, 1.807) is 11.8 Å². The third-order valence-corrected chi connectivity index (χ3v) is 8.79. The molecular formula is C34H41N3O9. The molecule has 46 heavy (non-hydrogen) atoms. The molecule has 246 valence electrons. The van der Waals surface area contributed by atoms with Crippen LogP contribution in [0.1, 0.15) is 74.8 Å². The number of carbonyl (C=O) groups is 4. The van der Waals surface area contributed by atoms with Crippen molar-refractivity contribution >= 4 is 23.9 Å². The summed E-state index contributed by atoms with van der Waals surface area (Å²) in [5.41, 5.74) is 0.874. The summed E-state index contributed by atoms with van der Waals surface area (Å²) < 4.78 is 15.0. The molecule has 1 aromatic heterocycles. The molecule has 2 amide bonds. The van der Waals surface area contributed by atoms with Gasteiger partial charge in [0.25, 0.3) is 5.56 Å². The Balaban J connectivity index is 0.000000209. The van der Waals surface area contributed by atoms with Crippen molar-refractivity contribution in [2.24, 2.45) is 5.92 Å². The first-order valence-electron chi connectivity index (χ1n) is 15.4. The number of piperidine rings is 2.